The summed E-state index contributed by atoms with van der Waals surface area (Å²) < 4.78 is 16.7. The van der Waals surface area contributed by atoms with Crippen molar-refractivity contribution in [3.8, 4) is 11.5 Å². The van der Waals surface area contributed by atoms with Crippen LogP contribution in [0.25, 0.3) is 0 Å². The van der Waals surface area contributed by atoms with Gasteiger partial charge in [-0.05, 0) is 81.3 Å². The Labute approximate surface area is 239 Å². The van der Waals surface area contributed by atoms with E-state index in [0.717, 1.165) is 10.5 Å². The van der Waals surface area contributed by atoms with Gasteiger partial charge in [0.05, 0.1) is 6.61 Å². The monoisotopic (exact) mass is 561 g/mol. The number of hydrogen-bond donors (Lipinski definition) is 0. The lowest BCUT2D eigenvalue weighted by molar-refractivity contribution is -0.158. The van der Waals surface area contributed by atoms with Crippen molar-refractivity contribution in [3.05, 3.63) is 90.0 Å². The van der Waals surface area contributed by atoms with E-state index in [9.17, 15) is 14.4 Å². The lowest BCUT2D eigenvalue weighted by Crippen LogP contribution is -2.39. The normalized spacial score (nSPS) is 16.9. The van der Waals surface area contributed by atoms with E-state index in [2.05, 4.69) is 0 Å². The predicted octanol–water partition coefficient (Wildman–Crippen LogP) is 6.30. The molecule has 0 radical (unpaired) electrons. The molecule has 2 atom stereocenters. The summed E-state index contributed by atoms with van der Waals surface area (Å²) in [4.78, 5) is 41.8. The zero-order valence-corrected chi connectivity index (χ0v) is 24.1. The first-order valence-corrected chi connectivity index (χ1v) is 14.6. The minimum absolute atomic E-state index is 0.00325. The third kappa shape index (κ3) is 7.24. The van der Waals surface area contributed by atoms with E-state index < -0.39 is 23.6 Å². The maximum Gasteiger partial charge on any atom is 0.415 e. The zero-order chi connectivity index (χ0) is 28.7. The van der Waals surface area contributed by atoms with Gasteiger partial charge in [0.15, 0.2) is 11.4 Å². The average Bonchev–Trinajstić information content (AvgIpc) is 3.37. The summed E-state index contributed by atoms with van der Waals surface area (Å²) in [5.41, 5.74) is 0.414. The van der Waals surface area contributed by atoms with Gasteiger partial charge in [0.25, 0.3) is 0 Å². The number of rotatable bonds is 10. The number of carbonyl (C=O) groups excluding carboxylic acids is 3. The van der Waals surface area contributed by atoms with Gasteiger partial charge >= 0.3 is 12.1 Å². The molecule has 0 aliphatic carbocycles. The van der Waals surface area contributed by atoms with Crippen LogP contribution in [0.2, 0.25) is 0 Å². The number of thioether (sulfide) groups is 1. The van der Waals surface area contributed by atoms with Crippen molar-refractivity contribution in [2.24, 2.45) is 11.8 Å². The summed E-state index contributed by atoms with van der Waals surface area (Å²) in [5.74, 6) is 0.0174. The maximum absolute atomic E-state index is 13.7. The van der Waals surface area contributed by atoms with Crippen LogP contribution in [-0.2, 0) is 16.0 Å². The number of Topliss-reactive ketones (excluding diaryl/α,β-unsaturated/α-hetero) is 1. The molecule has 8 heteroatoms. The number of ether oxygens (including phenoxy) is 3. The third-order valence-electron chi connectivity index (χ3n) is 6.90. The molecule has 3 aromatic carbocycles. The Bertz CT molecular complexity index is 1320. The Balaban J connectivity index is 1.54. The molecule has 1 saturated heterocycles. The molecule has 0 aromatic heterocycles. The SMILES string of the molecule is CCOC(=O)C(C)(C)Oc1cccc(C[C@H]2CN(C(=O)Oc3ccccc3)CC2C(=O)c2ccc(SC)cc2)c1. The first kappa shape index (κ1) is 29.2. The molecule has 1 unspecified atom stereocenters. The van der Waals surface area contributed by atoms with E-state index in [4.69, 9.17) is 14.2 Å². The molecular formula is C32H35NO6S. The Kier molecular flexibility index (Phi) is 9.53. The quantitative estimate of drug-likeness (QED) is 0.163. The number of amides is 1. The van der Waals surface area contributed by atoms with Crippen molar-refractivity contribution < 1.29 is 28.6 Å². The smallest absolute Gasteiger partial charge is 0.415 e. The largest absolute Gasteiger partial charge is 0.476 e. The van der Waals surface area contributed by atoms with Crippen LogP contribution in [0.3, 0.4) is 0 Å². The average molecular weight is 562 g/mol. The van der Waals surface area contributed by atoms with Gasteiger partial charge in [0.2, 0.25) is 0 Å². The van der Waals surface area contributed by atoms with Crippen LogP contribution in [0.15, 0.2) is 83.8 Å². The second-order valence-electron chi connectivity index (χ2n) is 10.2. The van der Waals surface area contributed by atoms with Gasteiger partial charge in [-0.1, -0.05) is 42.5 Å². The molecule has 210 valence electrons. The van der Waals surface area contributed by atoms with Gasteiger partial charge in [-0.2, -0.15) is 0 Å². The Morgan fingerprint density at radius 2 is 1.62 bits per heavy atom. The van der Waals surface area contributed by atoms with E-state index >= 15 is 0 Å². The van der Waals surface area contributed by atoms with Gasteiger partial charge < -0.3 is 19.1 Å². The van der Waals surface area contributed by atoms with E-state index in [1.54, 1.807) is 67.8 Å². The molecule has 1 fully saturated rings. The van der Waals surface area contributed by atoms with Gasteiger partial charge in [0.1, 0.15) is 11.5 Å². The van der Waals surface area contributed by atoms with Gasteiger partial charge in [-0.15, -0.1) is 11.8 Å². The minimum Gasteiger partial charge on any atom is -0.476 e. The highest BCUT2D eigenvalue weighted by molar-refractivity contribution is 7.98. The van der Waals surface area contributed by atoms with E-state index in [1.165, 1.54) is 0 Å². The van der Waals surface area contributed by atoms with Crippen molar-refractivity contribution >= 4 is 29.6 Å². The lowest BCUT2D eigenvalue weighted by atomic mass is 9.84. The van der Waals surface area contributed by atoms with Crippen molar-refractivity contribution in [1.82, 2.24) is 4.90 Å². The first-order chi connectivity index (χ1) is 19.2. The standard InChI is InChI=1S/C32H35NO6S/c1-5-37-30(35)32(2,3)39-26-13-9-10-22(19-26)18-24-20-33(31(36)38-25-11-7-6-8-12-25)21-28(24)29(34)23-14-16-27(40-4)17-15-23/h6-17,19,24,28H,5,18,20-21H2,1-4H3/t24-,28?/m0/s1. The topological polar surface area (TPSA) is 82.1 Å². The lowest BCUT2D eigenvalue weighted by Gasteiger charge is -2.24. The number of esters is 1. The Hall–Kier alpha value is -3.78. The van der Waals surface area contributed by atoms with Crippen LogP contribution in [0.5, 0.6) is 11.5 Å². The molecule has 1 aliphatic heterocycles. The second kappa shape index (κ2) is 13.0. The molecule has 0 bridgehead atoms. The summed E-state index contributed by atoms with van der Waals surface area (Å²) in [7, 11) is 0. The van der Waals surface area contributed by atoms with Crippen LogP contribution in [0.1, 0.15) is 36.7 Å². The Morgan fingerprint density at radius 3 is 2.30 bits per heavy atom. The van der Waals surface area contributed by atoms with E-state index in [1.807, 2.05) is 54.8 Å². The summed E-state index contributed by atoms with van der Waals surface area (Å²) in [6, 6.07) is 24.0. The highest BCUT2D eigenvalue weighted by atomic mass is 32.2. The van der Waals surface area contributed by atoms with Crippen LogP contribution in [-0.4, -0.2) is 54.3 Å². The van der Waals surface area contributed by atoms with Crippen LogP contribution in [0.4, 0.5) is 4.79 Å². The molecule has 0 spiro atoms. The van der Waals surface area contributed by atoms with Gasteiger partial charge in [0, 0.05) is 29.5 Å². The fraction of sp³-hybridized carbons (Fsp3) is 0.344. The van der Waals surface area contributed by atoms with Crippen LogP contribution < -0.4 is 9.47 Å². The minimum atomic E-state index is -1.15. The van der Waals surface area contributed by atoms with Crippen molar-refractivity contribution in [3.63, 3.8) is 0 Å². The number of hydrogen-bond acceptors (Lipinski definition) is 7. The van der Waals surface area contributed by atoms with Gasteiger partial charge in [-0.25, -0.2) is 9.59 Å². The molecule has 1 aliphatic rings. The summed E-state index contributed by atoms with van der Waals surface area (Å²) in [6.07, 6.45) is 2.06. The second-order valence-corrected chi connectivity index (χ2v) is 11.1. The van der Waals surface area contributed by atoms with Crippen molar-refractivity contribution in [2.75, 3.05) is 26.0 Å². The summed E-state index contributed by atoms with van der Waals surface area (Å²) >= 11 is 1.62. The highest BCUT2D eigenvalue weighted by Gasteiger charge is 2.40. The fourth-order valence-corrected chi connectivity index (χ4v) is 5.24. The number of para-hydroxylation sites is 1. The third-order valence-corrected chi connectivity index (χ3v) is 7.64. The highest BCUT2D eigenvalue weighted by Crippen LogP contribution is 2.32. The summed E-state index contributed by atoms with van der Waals surface area (Å²) in [5, 5.41) is 0. The number of nitrogens with zero attached hydrogens (tertiary/aromatic N) is 1. The molecule has 0 saturated carbocycles. The predicted molar refractivity (Wildman–Crippen MR) is 155 cm³/mol. The van der Waals surface area contributed by atoms with Crippen LogP contribution in [0, 0.1) is 11.8 Å². The molecule has 4 rings (SSSR count). The zero-order valence-electron chi connectivity index (χ0n) is 23.3. The van der Waals surface area contributed by atoms with E-state index in [0.29, 0.717) is 30.0 Å². The first-order valence-electron chi connectivity index (χ1n) is 13.4. The number of carbonyl (C=O) groups is 3. The molecule has 40 heavy (non-hydrogen) atoms. The van der Waals surface area contributed by atoms with E-state index in [-0.39, 0.29) is 24.9 Å². The molecule has 7 nitrogen and oxygen atoms in total. The maximum atomic E-state index is 13.7. The molecule has 3 aromatic rings. The summed E-state index contributed by atoms with van der Waals surface area (Å²) in [6.45, 7) is 6.01. The fourth-order valence-electron chi connectivity index (χ4n) is 4.83. The van der Waals surface area contributed by atoms with Crippen molar-refractivity contribution in [1.29, 1.82) is 0 Å². The Morgan fingerprint density at radius 1 is 0.925 bits per heavy atom. The molecule has 1 heterocycles. The molecule has 0 N–H and O–H groups in total. The number of ketones is 1. The molecular weight excluding hydrogens is 526 g/mol. The number of benzene rings is 3. The van der Waals surface area contributed by atoms with Gasteiger partial charge in [-0.3, -0.25) is 4.79 Å². The van der Waals surface area contributed by atoms with Crippen LogP contribution >= 0.6 is 11.8 Å². The molecule has 1 amide bonds. The van der Waals surface area contributed by atoms with Crippen molar-refractivity contribution in [2.45, 2.75) is 37.7 Å². The number of likely N-dealkylation sites (tertiary alicyclic amines) is 1.